The van der Waals surface area contributed by atoms with Crippen molar-refractivity contribution < 1.29 is 13.9 Å². The Morgan fingerprint density at radius 3 is 2.59 bits per heavy atom. The Morgan fingerprint density at radius 2 is 1.93 bits per heavy atom. The highest BCUT2D eigenvalue weighted by Crippen LogP contribution is 2.38. The summed E-state index contributed by atoms with van der Waals surface area (Å²) in [6, 6.07) is 13.0. The van der Waals surface area contributed by atoms with Crippen molar-refractivity contribution in [1.29, 1.82) is 0 Å². The summed E-state index contributed by atoms with van der Waals surface area (Å²) in [5.74, 6) is 0.974. The number of benzene rings is 2. The first kappa shape index (κ1) is 19.3. The van der Waals surface area contributed by atoms with E-state index in [4.69, 9.17) is 4.74 Å². The first-order valence-corrected chi connectivity index (χ1v) is 10.0. The molecule has 0 aliphatic carbocycles. The van der Waals surface area contributed by atoms with Crippen LogP contribution in [-0.2, 0) is 11.2 Å². The number of rotatable bonds is 5. The lowest BCUT2D eigenvalue weighted by molar-refractivity contribution is -0.116. The Bertz CT molecular complexity index is 1010. The lowest BCUT2D eigenvalue weighted by atomic mass is 10.0. The number of nitrogens with one attached hydrogen (secondary N) is 2. The third-order valence-electron chi connectivity index (χ3n) is 4.67. The number of carbonyl (C=O) groups excluding carboxylic acids is 1. The molecule has 9 heteroatoms. The van der Waals surface area contributed by atoms with Gasteiger partial charge in [-0.2, -0.15) is 0 Å². The number of thioether (sulfide) groups is 1. The molecule has 0 radical (unpaired) electrons. The second-order valence-corrected chi connectivity index (χ2v) is 7.61. The van der Waals surface area contributed by atoms with Gasteiger partial charge in [0.2, 0.25) is 11.1 Å². The average Bonchev–Trinajstić information content (AvgIpc) is 3.16. The number of nitrogens with zero attached hydrogens (tertiary/aromatic N) is 3. The predicted molar refractivity (Wildman–Crippen MR) is 109 cm³/mol. The van der Waals surface area contributed by atoms with Gasteiger partial charge in [0.05, 0.1) is 13.2 Å². The molecule has 0 unspecified atom stereocenters. The third kappa shape index (κ3) is 3.91. The van der Waals surface area contributed by atoms with Crippen LogP contribution in [0.1, 0.15) is 24.4 Å². The Labute approximate surface area is 171 Å². The summed E-state index contributed by atoms with van der Waals surface area (Å²) in [6.45, 7) is 2.00. The number of aryl methyl sites for hydroxylation is 1. The molecular formula is C20H20FN5O2S. The van der Waals surface area contributed by atoms with Gasteiger partial charge < -0.3 is 15.5 Å². The number of anilines is 1. The Kier molecular flexibility index (Phi) is 5.39. The number of amides is 1. The molecule has 1 amide bonds. The normalized spacial score (nSPS) is 17.9. The molecule has 2 atom stereocenters. The van der Waals surface area contributed by atoms with Crippen molar-refractivity contribution in [2.24, 2.45) is 0 Å². The maximum absolute atomic E-state index is 13.2. The fraction of sp³-hybridized carbons (Fsp3) is 0.250. The van der Waals surface area contributed by atoms with Crippen LogP contribution >= 0.6 is 11.8 Å². The maximum atomic E-state index is 13.2. The predicted octanol–water partition coefficient (Wildman–Crippen LogP) is 3.39. The van der Waals surface area contributed by atoms with E-state index in [9.17, 15) is 9.18 Å². The first-order chi connectivity index (χ1) is 14.1. The second-order valence-electron chi connectivity index (χ2n) is 6.50. The standard InChI is InChI=1S/C20H20FN5O2S/c1-3-16-23-24-20-26(16)25-17(12-4-10-15(28-2)11-5-12)18(29-20)19(27)22-14-8-6-13(21)7-9-14/h4-11,17-18,25H,3H2,1-2H3,(H,22,27)/t17-,18+/m0/s1. The van der Waals surface area contributed by atoms with Crippen LogP contribution in [0.4, 0.5) is 10.1 Å². The van der Waals surface area contributed by atoms with Crippen LogP contribution in [0.15, 0.2) is 53.7 Å². The minimum absolute atomic E-state index is 0.206. The summed E-state index contributed by atoms with van der Waals surface area (Å²) >= 11 is 1.35. The summed E-state index contributed by atoms with van der Waals surface area (Å²) in [5, 5.41) is 11.4. The lowest BCUT2D eigenvalue weighted by Gasteiger charge is -2.33. The van der Waals surface area contributed by atoms with E-state index >= 15 is 0 Å². The van der Waals surface area contributed by atoms with Gasteiger partial charge in [0.25, 0.3) is 0 Å². The molecule has 0 saturated carbocycles. The molecular weight excluding hydrogens is 393 g/mol. The van der Waals surface area contributed by atoms with Gasteiger partial charge >= 0.3 is 0 Å². The van der Waals surface area contributed by atoms with E-state index in [1.54, 1.807) is 7.11 Å². The minimum Gasteiger partial charge on any atom is -0.497 e. The van der Waals surface area contributed by atoms with Gasteiger partial charge in [0.15, 0.2) is 5.82 Å². The number of fused-ring (bicyclic) bond motifs is 1. The van der Waals surface area contributed by atoms with Crippen molar-refractivity contribution in [2.45, 2.75) is 29.8 Å². The van der Waals surface area contributed by atoms with Gasteiger partial charge in [0.1, 0.15) is 16.8 Å². The Balaban J connectivity index is 1.65. The zero-order valence-electron chi connectivity index (χ0n) is 15.9. The average molecular weight is 413 g/mol. The van der Waals surface area contributed by atoms with Crippen LogP contribution < -0.4 is 15.5 Å². The quantitative estimate of drug-likeness (QED) is 0.667. The Hall–Kier alpha value is -3.07. The summed E-state index contributed by atoms with van der Waals surface area (Å²) in [5.41, 5.74) is 4.85. The molecule has 3 aromatic rings. The summed E-state index contributed by atoms with van der Waals surface area (Å²) < 4.78 is 20.2. The highest BCUT2D eigenvalue weighted by Gasteiger charge is 2.37. The number of carbonyl (C=O) groups is 1. The van der Waals surface area contributed by atoms with E-state index in [1.165, 1.54) is 36.0 Å². The summed E-state index contributed by atoms with van der Waals surface area (Å²) in [6.07, 6.45) is 0.711. The zero-order valence-corrected chi connectivity index (χ0v) is 16.7. The van der Waals surface area contributed by atoms with E-state index in [0.717, 1.165) is 17.1 Å². The number of halogens is 1. The molecule has 1 aliphatic rings. The lowest BCUT2D eigenvalue weighted by Crippen LogP contribution is -2.41. The molecule has 29 heavy (non-hydrogen) atoms. The van der Waals surface area contributed by atoms with Crippen molar-refractivity contribution in [2.75, 3.05) is 17.9 Å². The van der Waals surface area contributed by atoms with E-state index in [-0.39, 0.29) is 17.8 Å². The zero-order chi connectivity index (χ0) is 20.4. The topological polar surface area (TPSA) is 81.1 Å². The fourth-order valence-corrected chi connectivity index (χ4v) is 4.23. The van der Waals surface area contributed by atoms with Crippen molar-refractivity contribution in [1.82, 2.24) is 14.9 Å². The number of hydrogen-bond donors (Lipinski definition) is 2. The van der Waals surface area contributed by atoms with Crippen molar-refractivity contribution in [3.63, 3.8) is 0 Å². The highest BCUT2D eigenvalue weighted by atomic mass is 32.2. The van der Waals surface area contributed by atoms with Gasteiger partial charge in [0, 0.05) is 12.1 Å². The van der Waals surface area contributed by atoms with Crippen LogP contribution in [0, 0.1) is 5.82 Å². The van der Waals surface area contributed by atoms with Gasteiger partial charge in [-0.25, -0.2) is 9.07 Å². The smallest absolute Gasteiger partial charge is 0.240 e. The highest BCUT2D eigenvalue weighted by molar-refractivity contribution is 8.00. The van der Waals surface area contributed by atoms with E-state index in [0.29, 0.717) is 17.3 Å². The maximum Gasteiger partial charge on any atom is 0.240 e. The molecule has 2 N–H and O–H groups in total. The number of hydrogen-bond acceptors (Lipinski definition) is 6. The molecule has 0 saturated heterocycles. The van der Waals surface area contributed by atoms with Crippen LogP contribution in [0.5, 0.6) is 5.75 Å². The van der Waals surface area contributed by atoms with Gasteiger partial charge in [-0.15, -0.1) is 10.2 Å². The molecule has 2 aromatic carbocycles. The van der Waals surface area contributed by atoms with Gasteiger partial charge in [-0.1, -0.05) is 30.8 Å². The molecule has 1 aromatic heterocycles. The summed E-state index contributed by atoms with van der Waals surface area (Å²) in [7, 11) is 1.61. The SMILES string of the molecule is CCc1nnc2n1N[C@@H](c1ccc(OC)cc1)[C@H](C(=O)Nc1ccc(F)cc1)S2. The van der Waals surface area contributed by atoms with Gasteiger partial charge in [-0.05, 0) is 42.0 Å². The van der Waals surface area contributed by atoms with E-state index in [1.807, 2.05) is 35.9 Å². The molecule has 150 valence electrons. The van der Waals surface area contributed by atoms with Crippen LogP contribution in [0.3, 0.4) is 0 Å². The molecule has 4 rings (SSSR count). The number of ether oxygens (including phenoxy) is 1. The second kappa shape index (κ2) is 8.12. The molecule has 0 spiro atoms. The van der Waals surface area contributed by atoms with E-state index < -0.39 is 5.25 Å². The Morgan fingerprint density at radius 1 is 1.21 bits per heavy atom. The monoisotopic (exact) mass is 413 g/mol. The minimum atomic E-state index is -0.505. The third-order valence-corrected chi connectivity index (χ3v) is 5.88. The van der Waals surface area contributed by atoms with Crippen molar-refractivity contribution in [3.8, 4) is 5.75 Å². The first-order valence-electron chi connectivity index (χ1n) is 9.17. The van der Waals surface area contributed by atoms with Crippen LogP contribution in [0.2, 0.25) is 0 Å². The van der Waals surface area contributed by atoms with Crippen LogP contribution in [-0.4, -0.2) is 33.1 Å². The molecule has 0 fully saturated rings. The van der Waals surface area contributed by atoms with E-state index in [2.05, 4.69) is 20.9 Å². The van der Waals surface area contributed by atoms with Crippen molar-refractivity contribution in [3.05, 3.63) is 65.7 Å². The largest absolute Gasteiger partial charge is 0.497 e. The number of methoxy groups -OCH3 is 1. The fourth-order valence-electron chi connectivity index (χ4n) is 3.14. The van der Waals surface area contributed by atoms with Gasteiger partial charge in [-0.3, -0.25) is 4.79 Å². The molecule has 1 aliphatic heterocycles. The molecule has 7 nitrogen and oxygen atoms in total. The van der Waals surface area contributed by atoms with Crippen molar-refractivity contribution >= 4 is 23.4 Å². The molecule has 2 heterocycles. The van der Waals surface area contributed by atoms with Crippen LogP contribution in [0.25, 0.3) is 0 Å². The molecule has 0 bridgehead atoms. The summed E-state index contributed by atoms with van der Waals surface area (Å²) in [4.78, 5) is 13.1. The number of aromatic nitrogens is 3.